The molecule has 0 aliphatic carbocycles. The van der Waals surface area contributed by atoms with Crippen LogP contribution in [-0.2, 0) is 11.2 Å². The van der Waals surface area contributed by atoms with Crippen molar-refractivity contribution in [1.29, 1.82) is 0 Å². The smallest absolute Gasteiger partial charge is 0.183 e. The Bertz CT molecular complexity index is 318. The Hall–Kier alpha value is -1.31. The van der Waals surface area contributed by atoms with Crippen molar-refractivity contribution in [2.45, 2.75) is 25.8 Å². The van der Waals surface area contributed by atoms with E-state index in [2.05, 4.69) is 36.2 Å². The van der Waals surface area contributed by atoms with Crippen molar-refractivity contribution < 1.29 is 4.74 Å². The summed E-state index contributed by atoms with van der Waals surface area (Å²) in [6, 6.07) is 10.8. The predicted octanol–water partition coefficient (Wildman–Crippen LogP) is 2.44. The second kappa shape index (κ2) is 4.27. The van der Waals surface area contributed by atoms with Gasteiger partial charge in [0.1, 0.15) is 6.61 Å². The van der Waals surface area contributed by atoms with Gasteiger partial charge in [-0.15, -0.1) is 0 Å². The van der Waals surface area contributed by atoms with Crippen LogP contribution in [-0.4, -0.2) is 18.5 Å². The van der Waals surface area contributed by atoms with E-state index < -0.39 is 0 Å². The van der Waals surface area contributed by atoms with Crippen molar-refractivity contribution in [3.63, 3.8) is 0 Å². The van der Waals surface area contributed by atoms with Gasteiger partial charge in [-0.25, -0.2) is 4.99 Å². The fourth-order valence-electron chi connectivity index (χ4n) is 1.65. The Kier molecular flexibility index (Phi) is 2.82. The molecule has 1 aliphatic rings. The van der Waals surface area contributed by atoms with E-state index in [1.165, 1.54) is 5.56 Å². The van der Waals surface area contributed by atoms with Gasteiger partial charge in [-0.05, 0) is 12.0 Å². The molecule has 0 radical (unpaired) electrons. The standard InChI is InChI=1S/C12H15NO/c1-2-12-13-11(9-14-12)8-10-6-4-3-5-7-10/h3-7,11H,2,8-9H2,1H3. The van der Waals surface area contributed by atoms with Gasteiger partial charge in [-0.3, -0.25) is 0 Å². The molecule has 2 nitrogen and oxygen atoms in total. The van der Waals surface area contributed by atoms with Crippen LogP contribution in [0.1, 0.15) is 18.9 Å². The molecule has 0 spiro atoms. The SMILES string of the molecule is CCC1=NC(Cc2ccccc2)CO1. The zero-order valence-electron chi connectivity index (χ0n) is 8.44. The van der Waals surface area contributed by atoms with Gasteiger partial charge in [0.05, 0.1) is 6.04 Å². The second-order valence-corrected chi connectivity index (χ2v) is 3.53. The quantitative estimate of drug-likeness (QED) is 0.715. The number of hydrogen-bond donors (Lipinski definition) is 0. The average molecular weight is 189 g/mol. The third-order valence-electron chi connectivity index (χ3n) is 2.39. The summed E-state index contributed by atoms with van der Waals surface area (Å²) in [5.41, 5.74) is 1.34. The molecular weight excluding hydrogens is 174 g/mol. The normalized spacial score (nSPS) is 20.4. The largest absolute Gasteiger partial charge is 0.479 e. The lowest BCUT2D eigenvalue weighted by molar-refractivity contribution is 0.310. The molecule has 0 saturated carbocycles. The summed E-state index contributed by atoms with van der Waals surface area (Å²) < 4.78 is 5.44. The number of ether oxygens (including phenoxy) is 1. The van der Waals surface area contributed by atoms with Crippen LogP contribution in [0.3, 0.4) is 0 Å². The predicted molar refractivity (Wildman–Crippen MR) is 57.6 cm³/mol. The van der Waals surface area contributed by atoms with Gasteiger partial charge in [0.2, 0.25) is 0 Å². The molecule has 0 bridgehead atoms. The molecule has 0 aromatic heterocycles. The molecule has 0 N–H and O–H groups in total. The van der Waals surface area contributed by atoms with Gasteiger partial charge in [0.25, 0.3) is 0 Å². The van der Waals surface area contributed by atoms with Gasteiger partial charge in [0, 0.05) is 6.42 Å². The van der Waals surface area contributed by atoms with Crippen LogP contribution in [0.5, 0.6) is 0 Å². The van der Waals surface area contributed by atoms with Crippen molar-refractivity contribution in [2.24, 2.45) is 4.99 Å². The molecule has 14 heavy (non-hydrogen) atoms. The average Bonchev–Trinajstić information content (AvgIpc) is 2.67. The fraction of sp³-hybridized carbons (Fsp3) is 0.417. The number of aliphatic imine (C=N–C) groups is 1. The lowest BCUT2D eigenvalue weighted by atomic mass is 10.1. The van der Waals surface area contributed by atoms with Gasteiger partial charge in [-0.2, -0.15) is 0 Å². The Morgan fingerprint density at radius 3 is 2.79 bits per heavy atom. The maximum Gasteiger partial charge on any atom is 0.183 e. The van der Waals surface area contributed by atoms with E-state index in [1.54, 1.807) is 0 Å². The number of benzene rings is 1. The van der Waals surface area contributed by atoms with Crippen molar-refractivity contribution in [2.75, 3.05) is 6.61 Å². The van der Waals surface area contributed by atoms with Gasteiger partial charge >= 0.3 is 0 Å². The minimum atomic E-state index is 0.326. The molecule has 1 aromatic carbocycles. The Morgan fingerprint density at radius 2 is 2.14 bits per heavy atom. The molecule has 1 aromatic rings. The summed E-state index contributed by atoms with van der Waals surface area (Å²) in [6.45, 7) is 2.82. The molecule has 0 amide bonds. The van der Waals surface area contributed by atoms with Gasteiger partial charge < -0.3 is 4.74 Å². The number of nitrogens with zero attached hydrogens (tertiary/aromatic N) is 1. The molecule has 2 rings (SSSR count). The molecule has 1 aliphatic heterocycles. The second-order valence-electron chi connectivity index (χ2n) is 3.53. The van der Waals surface area contributed by atoms with E-state index in [4.69, 9.17) is 4.74 Å². The highest BCUT2D eigenvalue weighted by Gasteiger charge is 2.17. The van der Waals surface area contributed by atoms with Gasteiger partial charge in [-0.1, -0.05) is 37.3 Å². The summed E-state index contributed by atoms with van der Waals surface area (Å²) in [5.74, 6) is 0.908. The zero-order valence-corrected chi connectivity index (χ0v) is 8.44. The number of hydrogen-bond acceptors (Lipinski definition) is 2. The molecule has 1 atom stereocenters. The summed E-state index contributed by atoms with van der Waals surface area (Å²) in [6.07, 6.45) is 1.90. The van der Waals surface area contributed by atoms with Crippen LogP contribution in [0.15, 0.2) is 35.3 Å². The monoisotopic (exact) mass is 189 g/mol. The Balaban J connectivity index is 1.97. The van der Waals surface area contributed by atoms with E-state index in [9.17, 15) is 0 Å². The van der Waals surface area contributed by atoms with Gasteiger partial charge in [0.15, 0.2) is 5.90 Å². The summed E-state index contributed by atoms with van der Waals surface area (Å²) in [5, 5.41) is 0. The van der Waals surface area contributed by atoms with Crippen molar-refractivity contribution in [3.05, 3.63) is 35.9 Å². The van der Waals surface area contributed by atoms with Crippen LogP contribution < -0.4 is 0 Å². The van der Waals surface area contributed by atoms with Crippen molar-refractivity contribution in [1.82, 2.24) is 0 Å². The highest BCUT2D eigenvalue weighted by Crippen LogP contribution is 2.12. The number of rotatable bonds is 3. The molecular formula is C12H15NO. The summed E-state index contributed by atoms with van der Waals surface area (Å²) in [7, 11) is 0. The van der Waals surface area contributed by atoms with E-state index in [-0.39, 0.29) is 0 Å². The molecule has 2 heteroatoms. The topological polar surface area (TPSA) is 21.6 Å². The first-order valence-electron chi connectivity index (χ1n) is 5.12. The fourth-order valence-corrected chi connectivity index (χ4v) is 1.65. The van der Waals surface area contributed by atoms with E-state index >= 15 is 0 Å². The maximum atomic E-state index is 5.44. The maximum absolute atomic E-state index is 5.44. The lowest BCUT2D eigenvalue weighted by Crippen LogP contribution is -2.09. The summed E-state index contributed by atoms with van der Waals surface area (Å²) >= 11 is 0. The van der Waals surface area contributed by atoms with E-state index in [1.807, 2.05) is 6.07 Å². The molecule has 1 unspecified atom stereocenters. The van der Waals surface area contributed by atoms with Crippen LogP contribution >= 0.6 is 0 Å². The molecule has 74 valence electrons. The third kappa shape index (κ3) is 2.13. The highest BCUT2D eigenvalue weighted by molar-refractivity contribution is 5.77. The zero-order chi connectivity index (χ0) is 9.80. The van der Waals surface area contributed by atoms with Crippen LogP contribution in [0.25, 0.3) is 0 Å². The van der Waals surface area contributed by atoms with E-state index in [0.29, 0.717) is 6.04 Å². The minimum absolute atomic E-state index is 0.326. The lowest BCUT2D eigenvalue weighted by Gasteiger charge is -2.04. The molecule has 1 heterocycles. The van der Waals surface area contributed by atoms with Crippen LogP contribution in [0.2, 0.25) is 0 Å². The first-order valence-corrected chi connectivity index (χ1v) is 5.12. The Morgan fingerprint density at radius 1 is 1.36 bits per heavy atom. The first kappa shape index (κ1) is 9.25. The summed E-state index contributed by atoms with van der Waals surface area (Å²) in [4.78, 5) is 4.50. The third-order valence-corrected chi connectivity index (χ3v) is 2.39. The Labute approximate surface area is 84.6 Å². The van der Waals surface area contributed by atoms with Crippen molar-refractivity contribution in [3.8, 4) is 0 Å². The van der Waals surface area contributed by atoms with Crippen LogP contribution in [0, 0.1) is 0 Å². The highest BCUT2D eigenvalue weighted by atomic mass is 16.5. The van der Waals surface area contributed by atoms with Crippen molar-refractivity contribution >= 4 is 5.90 Å². The molecule has 0 saturated heterocycles. The molecule has 0 fully saturated rings. The van der Waals surface area contributed by atoms with E-state index in [0.717, 1.165) is 25.3 Å². The first-order chi connectivity index (χ1) is 6.88. The minimum Gasteiger partial charge on any atom is -0.479 e. The van der Waals surface area contributed by atoms with Crippen LogP contribution in [0.4, 0.5) is 0 Å².